The number of ether oxygens (including phenoxy) is 1. The molecule has 2 aliphatic heterocycles. The van der Waals surface area contributed by atoms with Gasteiger partial charge >= 0.3 is 6.61 Å². The highest BCUT2D eigenvalue weighted by Gasteiger charge is 2.33. The highest BCUT2D eigenvalue weighted by atomic mass is 19.3. The molecule has 0 bridgehead atoms. The van der Waals surface area contributed by atoms with Crippen molar-refractivity contribution in [2.45, 2.75) is 32.9 Å². The summed E-state index contributed by atoms with van der Waals surface area (Å²) in [5, 5.41) is 0. The maximum Gasteiger partial charge on any atom is 0.387 e. The average Bonchev–Trinajstić information content (AvgIpc) is 2.84. The Hall–Kier alpha value is -3.00. The van der Waals surface area contributed by atoms with Crippen LogP contribution in [0.3, 0.4) is 0 Å². The van der Waals surface area contributed by atoms with Crippen molar-refractivity contribution in [3.63, 3.8) is 0 Å². The molecule has 182 valence electrons. The van der Waals surface area contributed by atoms with Crippen LogP contribution >= 0.6 is 0 Å². The Balaban J connectivity index is 1.33. The summed E-state index contributed by atoms with van der Waals surface area (Å²) in [5.41, 5.74) is 2.61. The van der Waals surface area contributed by atoms with Gasteiger partial charge in [-0.3, -0.25) is 14.5 Å². The number of hydrogen-bond donors (Lipinski definition) is 0. The maximum absolute atomic E-state index is 13.2. The molecule has 8 heteroatoms. The van der Waals surface area contributed by atoms with E-state index in [2.05, 4.69) is 40.8 Å². The van der Waals surface area contributed by atoms with Crippen molar-refractivity contribution < 1.29 is 23.1 Å². The first-order chi connectivity index (χ1) is 16.4. The van der Waals surface area contributed by atoms with Gasteiger partial charge in [0.1, 0.15) is 5.75 Å². The second kappa shape index (κ2) is 11.0. The molecule has 2 amide bonds. The van der Waals surface area contributed by atoms with Gasteiger partial charge in [-0.2, -0.15) is 8.78 Å². The lowest BCUT2D eigenvalue weighted by Gasteiger charge is -2.39. The van der Waals surface area contributed by atoms with E-state index in [4.69, 9.17) is 0 Å². The minimum Gasteiger partial charge on any atom is -0.434 e. The van der Waals surface area contributed by atoms with Crippen LogP contribution in [0.1, 0.15) is 34.3 Å². The lowest BCUT2D eigenvalue weighted by Crippen LogP contribution is -2.52. The fraction of sp³-hybridized carbons (Fsp3) is 0.462. The number of piperazine rings is 1. The number of likely N-dealkylation sites (tertiary alicyclic amines) is 1. The molecular formula is C26H31F2N3O3. The van der Waals surface area contributed by atoms with E-state index in [1.807, 2.05) is 4.90 Å². The third-order valence-electron chi connectivity index (χ3n) is 6.56. The minimum absolute atomic E-state index is 0.0739. The number of benzene rings is 2. The highest BCUT2D eigenvalue weighted by Crippen LogP contribution is 2.26. The van der Waals surface area contributed by atoms with Gasteiger partial charge in [0, 0.05) is 45.8 Å². The van der Waals surface area contributed by atoms with Crippen molar-refractivity contribution in [2.75, 3.05) is 39.3 Å². The molecule has 0 spiro atoms. The van der Waals surface area contributed by atoms with E-state index in [1.54, 1.807) is 17.0 Å². The fourth-order valence-electron chi connectivity index (χ4n) is 4.83. The van der Waals surface area contributed by atoms with Crippen molar-refractivity contribution in [2.24, 2.45) is 5.92 Å². The predicted molar refractivity (Wildman–Crippen MR) is 125 cm³/mol. The molecule has 2 fully saturated rings. The Morgan fingerprint density at radius 2 is 1.76 bits per heavy atom. The van der Waals surface area contributed by atoms with Crippen LogP contribution in [-0.2, 0) is 11.3 Å². The van der Waals surface area contributed by atoms with Crippen LogP contribution in [0.15, 0.2) is 48.5 Å². The van der Waals surface area contributed by atoms with E-state index in [0.29, 0.717) is 32.6 Å². The number of halogens is 2. The van der Waals surface area contributed by atoms with Crippen molar-refractivity contribution in [3.05, 3.63) is 65.2 Å². The Bertz CT molecular complexity index is 1010. The topological polar surface area (TPSA) is 53.1 Å². The molecule has 0 aliphatic carbocycles. The molecule has 0 saturated carbocycles. The minimum atomic E-state index is -3.01. The van der Waals surface area contributed by atoms with Crippen LogP contribution in [0.4, 0.5) is 8.78 Å². The van der Waals surface area contributed by atoms with Crippen LogP contribution in [0.2, 0.25) is 0 Å². The molecule has 2 aliphatic rings. The van der Waals surface area contributed by atoms with E-state index in [0.717, 1.165) is 26.1 Å². The number of hydrogen-bond acceptors (Lipinski definition) is 4. The van der Waals surface area contributed by atoms with Crippen LogP contribution in [-0.4, -0.2) is 72.4 Å². The standard InChI is InChI=1S/C26H31F2N3O3/c1-19-6-4-7-20(16-19)17-29-12-14-30(15-13-29)24(32)21-8-5-11-31(18-21)25(33)22-9-2-3-10-23(22)34-26(27)28/h2-4,6-7,9-10,16,21,26H,5,8,11-15,17-18H2,1H3. The lowest BCUT2D eigenvalue weighted by molar-refractivity contribution is -0.138. The number of carbonyl (C=O) groups is 2. The quantitative estimate of drug-likeness (QED) is 0.643. The predicted octanol–water partition coefficient (Wildman–Crippen LogP) is 3.79. The summed E-state index contributed by atoms with van der Waals surface area (Å²) in [6.07, 6.45) is 1.43. The maximum atomic E-state index is 13.2. The number of amides is 2. The second-order valence-electron chi connectivity index (χ2n) is 9.06. The molecule has 2 saturated heterocycles. The monoisotopic (exact) mass is 471 g/mol. The Labute approximate surface area is 199 Å². The first-order valence-corrected chi connectivity index (χ1v) is 11.8. The number of carbonyl (C=O) groups excluding carboxylic acids is 2. The number of nitrogens with zero attached hydrogens (tertiary/aromatic N) is 3. The normalized spacial score (nSPS) is 19.4. The summed E-state index contributed by atoms with van der Waals surface area (Å²) in [6, 6.07) is 14.5. The molecule has 6 nitrogen and oxygen atoms in total. The summed E-state index contributed by atoms with van der Waals surface area (Å²) in [4.78, 5) is 32.1. The molecule has 0 N–H and O–H groups in total. The summed E-state index contributed by atoms with van der Waals surface area (Å²) < 4.78 is 30.0. The molecule has 4 rings (SSSR count). The Kier molecular flexibility index (Phi) is 7.77. The van der Waals surface area contributed by atoms with Gasteiger partial charge in [-0.15, -0.1) is 0 Å². The molecule has 2 aromatic carbocycles. The number of aryl methyl sites for hydroxylation is 1. The highest BCUT2D eigenvalue weighted by molar-refractivity contribution is 5.97. The number of alkyl halides is 2. The number of rotatable bonds is 6. The molecule has 2 heterocycles. The van der Waals surface area contributed by atoms with Crippen molar-refractivity contribution in [3.8, 4) is 5.75 Å². The zero-order valence-corrected chi connectivity index (χ0v) is 19.5. The summed E-state index contributed by atoms with van der Waals surface area (Å²) in [6.45, 7) is 3.70. The smallest absolute Gasteiger partial charge is 0.387 e. The zero-order chi connectivity index (χ0) is 24.1. The first-order valence-electron chi connectivity index (χ1n) is 11.8. The largest absolute Gasteiger partial charge is 0.434 e. The van der Waals surface area contributed by atoms with Gasteiger partial charge in [0.2, 0.25) is 5.91 Å². The second-order valence-corrected chi connectivity index (χ2v) is 9.06. The van der Waals surface area contributed by atoms with E-state index < -0.39 is 6.61 Å². The molecule has 1 atom stereocenters. The van der Waals surface area contributed by atoms with E-state index in [1.165, 1.54) is 23.3 Å². The summed E-state index contributed by atoms with van der Waals surface area (Å²) >= 11 is 0. The van der Waals surface area contributed by atoms with Gasteiger partial charge in [0.25, 0.3) is 5.91 Å². The zero-order valence-electron chi connectivity index (χ0n) is 19.5. The van der Waals surface area contributed by atoms with Gasteiger partial charge in [-0.1, -0.05) is 42.0 Å². The fourth-order valence-corrected chi connectivity index (χ4v) is 4.83. The SMILES string of the molecule is Cc1cccc(CN2CCN(C(=O)C3CCCN(C(=O)c4ccccc4OC(F)F)C3)CC2)c1. The summed E-state index contributed by atoms with van der Waals surface area (Å²) in [5.74, 6) is -0.716. The molecule has 2 aromatic rings. The molecule has 0 aromatic heterocycles. The lowest BCUT2D eigenvalue weighted by atomic mass is 9.95. The van der Waals surface area contributed by atoms with Gasteiger partial charge in [0.05, 0.1) is 11.5 Å². The first kappa shape index (κ1) is 24.1. The van der Waals surface area contributed by atoms with Crippen LogP contribution in [0.5, 0.6) is 5.75 Å². The van der Waals surface area contributed by atoms with Crippen molar-refractivity contribution in [1.29, 1.82) is 0 Å². The van der Waals surface area contributed by atoms with E-state index in [9.17, 15) is 18.4 Å². The number of piperidine rings is 1. The molecule has 34 heavy (non-hydrogen) atoms. The van der Waals surface area contributed by atoms with Gasteiger partial charge in [-0.05, 0) is 37.5 Å². The van der Waals surface area contributed by atoms with Crippen molar-refractivity contribution >= 4 is 11.8 Å². The Morgan fingerprint density at radius 3 is 2.50 bits per heavy atom. The Morgan fingerprint density at radius 1 is 1.00 bits per heavy atom. The molecular weight excluding hydrogens is 440 g/mol. The molecule has 1 unspecified atom stereocenters. The van der Waals surface area contributed by atoms with Gasteiger partial charge in [-0.25, -0.2) is 0 Å². The van der Waals surface area contributed by atoms with Crippen molar-refractivity contribution in [1.82, 2.24) is 14.7 Å². The third kappa shape index (κ3) is 5.91. The molecule has 0 radical (unpaired) electrons. The summed E-state index contributed by atoms with van der Waals surface area (Å²) in [7, 11) is 0. The third-order valence-corrected chi connectivity index (χ3v) is 6.56. The average molecular weight is 472 g/mol. The number of para-hydroxylation sites is 1. The van der Waals surface area contributed by atoms with E-state index in [-0.39, 0.29) is 29.0 Å². The van der Waals surface area contributed by atoms with Crippen LogP contribution in [0, 0.1) is 12.8 Å². The van der Waals surface area contributed by atoms with E-state index >= 15 is 0 Å². The van der Waals surface area contributed by atoms with Gasteiger partial charge < -0.3 is 14.5 Å². The van der Waals surface area contributed by atoms with Crippen LogP contribution in [0.25, 0.3) is 0 Å². The van der Waals surface area contributed by atoms with Gasteiger partial charge in [0.15, 0.2) is 0 Å². The van der Waals surface area contributed by atoms with Crippen LogP contribution < -0.4 is 4.74 Å².